The van der Waals surface area contributed by atoms with Gasteiger partial charge in [0.15, 0.2) is 0 Å². The van der Waals surface area contributed by atoms with Crippen LogP contribution in [-0.2, 0) is 14.3 Å². The minimum atomic E-state index is -0.859. The van der Waals surface area contributed by atoms with Crippen LogP contribution in [0.1, 0.15) is 25.7 Å². The first kappa shape index (κ1) is 11.5. The van der Waals surface area contributed by atoms with Crippen LogP contribution >= 0.6 is 0 Å². The summed E-state index contributed by atoms with van der Waals surface area (Å²) in [5.41, 5.74) is 0. The van der Waals surface area contributed by atoms with Gasteiger partial charge in [0, 0.05) is 12.8 Å². The Hall–Kier alpha value is -1.50. The van der Waals surface area contributed by atoms with Crippen LogP contribution in [-0.4, -0.2) is 24.2 Å². The van der Waals surface area contributed by atoms with Gasteiger partial charge in [-0.15, -0.1) is 11.8 Å². The summed E-state index contributed by atoms with van der Waals surface area (Å²) >= 11 is 0. The number of esters is 1. The lowest BCUT2D eigenvalue weighted by molar-refractivity contribution is -0.140. The van der Waals surface area contributed by atoms with Crippen LogP contribution in [0.5, 0.6) is 0 Å². The summed E-state index contributed by atoms with van der Waals surface area (Å²) in [6.45, 7) is 0. The summed E-state index contributed by atoms with van der Waals surface area (Å²) < 4.78 is 4.39. The van der Waals surface area contributed by atoms with Crippen molar-refractivity contribution in [3.8, 4) is 11.8 Å². The molecular weight excluding hydrogens is 172 g/mol. The molecule has 0 aromatic carbocycles. The largest absolute Gasteiger partial charge is 0.481 e. The van der Waals surface area contributed by atoms with E-state index in [0.29, 0.717) is 12.8 Å². The fourth-order valence-corrected chi connectivity index (χ4v) is 0.613. The van der Waals surface area contributed by atoms with Gasteiger partial charge in [-0.1, -0.05) is 0 Å². The average Bonchev–Trinajstić information content (AvgIpc) is 2.10. The lowest BCUT2D eigenvalue weighted by Gasteiger charge is -1.91. The molecule has 0 aromatic rings. The molecule has 0 rings (SSSR count). The Kier molecular flexibility index (Phi) is 6.34. The number of ether oxygens (including phenoxy) is 1. The van der Waals surface area contributed by atoms with Crippen molar-refractivity contribution < 1.29 is 19.4 Å². The molecule has 0 saturated carbocycles. The third-order valence-corrected chi connectivity index (χ3v) is 1.27. The molecule has 0 fully saturated rings. The predicted octanol–water partition coefficient (Wildman–Crippen LogP) is 0.808. The maximum atomic E-state index is 10.6. The first-order valence-corrected chi connectivity index (χ1v) is 3.91. The number of carbonyl (C=O) groups is 2. The summed E-state index contributed by atoms with van der Waals surface area (Å²) in [5, 5.41) is 8.25. The lowest BCUT2D eigenvalue weighted by Crippen LogP contribution is -1.98. The smallest absolute Gasteiger partial charge is 0.306 e. The summed E-state index contributed by atoms with van der Waals surface area (Å²) in [4.78, 5) is 20.6. The molecule has 4 heteroatoms. The molecule has 0 atom stereocenters. The van der Waals surface area contributed by atoms with Crippen LogP contribution in [0.2, 0.25) is 0 Å². The number of hydrogen-bond donors (Lipinski definition) is 1. The first-order valence-electron chi connectivity index (χ1n) is 3.91. The molecule has 0 unspecified atom stereocenters. The Labute approximate surface area is 76.9 Å². The molecule has 0 aliphatic heterocycles. The molecule has 0 bridgehead atoms. The van der Waals surface area contributed by atoms with Gasteiger partial charge in [0.1, 0.15) is 0 Å². The molecular formula is C9H12O4. The van der Waals surface area contributed by atoms with Gasteiger partial charge in [-0.25, -0.2) is 0 Å². The second-order valence-corrected chi connectivity index (χ2v) is 2.32. The second kappa shape index (κ2) is 7.17. The maximum absolute atomic E-state index is 10.6. The fraction of sp³-hybridized carbons (Fsp3) is 0.556. The Bertz CT molecular complexity index is 234. The number of aliphatic carboxylic acids is 1. The van der Waals surface area contributed by atoms with Crippen molar-refractivity contribution in [2.45, 2.75) is 25.7 Å². The van der Waals surface area contributed by atoms with Crippen molar-refractivity contribution in [3.63, 3.8) is 0 Å². The summed E-state index contributed by atoms with van der Waals surface area (Å²) in [6, 6.07) is 0. The van der Waals surface area contributed by atoms with Crippen molar-refractivity contribution >= 4 is 11.9 Å². The van der Waals surface area contributed by atoms with Crippen LogP contribution in [0.4, 0.5) is 0 Å². The zero-order chi connectivity index (χ0) is 10.1. The van der Waals surface area contributed by atoms with Gasteiger partial charge in [0.2, 0.25) is 0 Å². The van der Waals surface area contributed by atoms with Crippen LogP contribution in [0.15, 0.2) is 0 Å². The van der Waals surface area contributed by atoms with E-state index in [1.807, 2.05) is 0 Å². The zero-order valence-electron chi connectivity index (χ0n) is 7.50. The van der Waals surface area contributed by atoms with Crippen molar-refractivity contribution in [2.75, 3.05) is 7.11 Å². The van der Waals surface area contributed by atoms with Crippen molar-refractivity contribution in [1.82, 2.24) is 0 Å². The first-order chi connectivity index (χ1) is 6.16. The van der Waals surface area contributed by atoms with Crippen LogP contribution in [0.3, 0.4) is 0 Å². The Balaban J connectivity index is 3.40. The Morgan fingerprint density at radius 1 is 1.23 bits per heavy atom. The molecule has 0 aliphatic rings. The number of hydrogen-bond acceptors (Lipinski definition) is 3. The molecule has 4 nitrogen and oxygen atoms in total. The normalized spacial score (nSPS) is 8.38. The SMILES string of the molecule is COC(=O)CCC#CCCC(=O)O. The van der Waals surface area contributed by atoms with E-state index in [1.54, 1.807) is 0 Å². The summed E-state index contributed by atoms with van der Waals surface area (Å²) in [6.07, 6.45) is 1.06. The van der Waals surface area contributed by atoms with Crippen LogP contribution < -0.4 is 0 Å². The average molecular weight is 184 g/mol. The molecule has 0 spiro atoms. The predicted molar refractivity (Wildman–Crippen MR) is 45.9 cm³/mol. The standard InChI is InChI=1S/C9H12O4/c1-13-9(12)7-5-3-2-4-6-8(10)11/h4-7H2,1H3,(H,10,11). The van der Waals surface area contributed by atoms with Crippen LogP contribution in [0.25, 0.3) is 0 Å². The van der Waals surface area contributed by atoms with Gasteiger partial charge in [0.25, 0.3) is 0 Å². The third-order valence-electron chi connectivity index (χ3n) is 1.27. The van der Waals surface area contributed by atoms with E-state index in [1.165, 1.54) is 7.11 Å². The highest BCUT2D eigenvalue weighted by atomic mass is 16.5. The van der Waals surface area contributed by atoms with Crippen molar-refractivity contribution in [1.29, 1.82) is 0 Å². The number of carboxylic acid groups (broad SMARTS) is 1. The number of rotatable bonds is 4. The third kappa shape index (κ3) is 8.41. The minimum absolute atomic E-state index is 0.0468. The van der Waals surface area contributed by atoms with Gasteiger partial charge in [-0.2, -0.15) is 0 Å². The number of methoxy groups -OCH3 is 1. The van der Waals surface area contributed by atoms with Gasteiger partial charge < -0.3 is 9.84 Å². The van der Waals surface area contributed by atoms with E-state index in [-0.39, 0.29) is 18.8 Å². The molecule has 1 N–H and O–H groups in total. The summed E-state index contributed by atoms with van der Waals surface area (Å²) in [7, 11) is 1.32. The Morgan fingerprint density at radius 2 is 1.77 bits per heavy atom. The number of carbonyl (C=O) groups excluding carboxylic acids is 1. The zero-order valence-corrected chi connectivity index (χ0v) is 7.50. The topological polar surface area (TPSA) is 63.6 Å². The van der Waals surface area contributed by atoms with E-state index in [4.69, 9.17) is 5.11 Å². The van der Waals surface area contributed by atoms with E-state index >= 15 is 0 Å². The highest BCUT2D eigenvalue weighted by Crippen LogP contribution is 1.90. The molecule has 0 aliphatic carbocycles. The van der Waals surface area contributed by atoms with Gasteiger partial charge in [-0.3, -0.25) is 9.59 Å². The molecule has 72 valence electrons. The monoisotopic (exact) mass is 184 g/mol. The molecule has 0 amide bonds. The van der Waals surface area contributed by atoms with E-state index in [0.717, 1.165) is 0 Å². The van der Waals surface area contributed by atoms with Gasteiger partial charge >= 0.3 is 11.9 Å². The lowest BCUT2D eigenvalue weighted by atomic mass is 10.3. The molecule has 13 heavy (non-hydrogen) atoms. The second-order valence-electron chi connectivity index (χ2n) is 2.32. The van der Waals surface area contributed by atoms with E-state index in [2.05, 4.69) is 16.6 Å². The quantitative estimate of drug-likeness (QED) is 0.518. The van der Waals surface area contributed by atoms with Crippen molar-refractivity contribution in [3.05, 3.63) is 0 Å². The Morgan fingerprint density at radius 3 is 2.23 bits per heavy atom. The van der Waals surface area contributed by atoms with Crippen molar-refractivity contribution in [2.24, 2.45) is 0 Å². The molecule has 0 heterocycles. The summed E-state index contributed by atoms with van der Waals surface area (Å²) in [5.74, 6) is 4.19. The van der Waals surface area contributed by atoms with Gasteiger partial charge in [0.05, 0.1) is 20.0 Å². The minimum Gasteiger partial charge on any atom is -0.481 e. The maximum Gasteiger partial charge on any atom is 0.306 e. The molecule has 0 aromatic heterocycles. The fourth-order valence-electron chi connectivity index (χ4n) is 0.613. The van der Waals surface area contributed by atoms with Crippen LogP contribution in [0, 0.1) is 11.8 Å². The number of carboxylic acids is 1. The van der Waals surface area contributed by atoms with Gasteiger partial charge in [-0.05, 0) is 0 Å². The van der Waals surface area contributed by atoms with E-state index in [9.17, 15) is 9.59 Å². The highest BCUT2D eigenvalue weighted by molar-refractivity contribution is 5.69. The van der Waals surface area contributed by atoms with E-state index < -0.39 is 5.97 Å². The molecule has 0 saturated heterocycles. The molecule has 0 radical (unpaired) electrons. The highest BCUT2D eigenvalue weighted by Gasteiger charge is 1.95.